The quantitative estimate of drug-likeness (QED) is 0.463. The first-order chi connectivity index (χ1) is 9.31. The molecule has 0 bridgehead atoms. The van der Waals surface area contributed by atoms with Gasteiger partial charge in [0.1, 0.15) is 12.1 Å². The van der Waals surface area contributed by atoms with E-state index in [1.54, 1.807) is 30.3 Å². The summed E-state index contributed by atoms with van der Waals surface area (Å²) in [6.45, 7) is -0.0913. The molecule has 1 aromatic carbocycles. The Morgan fingerprint density at radius 2 is 1.90 bits per heavy atom. The van der Waals surface area contributed by atoms with Crippen molar-refractivity contribution in [3.05, 3.63) is 47.8 Å². The number of rotatable bonds is 7. The maximum atomic E-state index is 11.1. The molecule has 0 saturated heterocycles. The van der Waals surface area contributed by atoms with Crippen molar-refractivity contribution in [1.29, 1.82) is 0 Å². The Balaban J connectivity index is 2.68. The van der Waals surface area contributed by atoms with E-state index < -0.39 is 25.7 Å². The van der Waals surface area contributed by atoms with E-state index in [1.165, 1.54) is 0 Å². The summed E-state index contributed by atoms with van der Waals surface area (Å²) in [4.78, 5) is 28.3. The fraction of sp³-hybridized carbons (Fsp3) is 0.250. The Morgan fingerprint density at radius 3 is 2.40 bits per heavy atom. The lowest BCUT2D eigenvalue weighted by Crippen LogP contribution is -2.41. The molecule has 1 unspecified atom stereocenters. The van der Waals surface area contributed by atoms with Crippen molar-refractivity contribution in [2.24, 2.45) is 0 Å². The van der Waals surface area contributed by atoms with Gasteiger partial charge in [-0.25, -0.2) is 0 Å². The van der Waals surface area contributed by atoms with Crippen LogP contribution in [-0.2, 0) is 9.36 Å². The Bertz CT molecular complexity index is 512. The first-order valence-corrected chi connectivity index (χ1v) is 7.41. The summed E-state index contributed by atoms with van der Waals surface area (Å²) in [6.07, 6.45) is -0.147. The summed E-state index contributed by atoms with van der Waals surface area (Å²) in [7, 11) is -4.26. The third-order valence-corrected chi connectivity index (χ3v) is 3.08. The summed E-state index contributed by atoms with van der Waals surface area (Å²) in [5.41, 5.74) is 0.436. The van der Waals surface area contributed by atoms with Crippen LogP contribution in [0, 0.1) is 0 Å². The largest absolute Gasteiger partial charge is 0.480 e. The minimum absolute atomic E-state index is 0.0913. The molecule has 0 saturated carbocycles. The minimum Gasteiger partial charge on any atom is -0.480 e. The molecular formula is C12H16NO6P. The monoisotopic (exact) mass is 301 g/mol. The molecule has 0 amide bonds. The number of benzene rings is 1. The van der Waals surface area contributed by atoms with Crippen LogP contribution in [0.1, 0.15) is 11.7 Å². The molecule has 110 valence electrons. The molecule has 2 atom stereocenters. The van der Waals surface area contributed by atoms with Crippen molar-refractivity contribution in [2.45, 2.75) is 12.1 Å². The highest BCUT2D eigenvalue weighted by Gasteiger charge is 2.26. The Hall–Kier alpha value is -1.50. The fourth-order valence-electron chi connectivity index (χ4n) is 1.56. The SMILES string of the molecule is O=C(O)[C@@H](NCC=CP(=O)(O)O)C(O)c1ccccc1. The molecule has 1 aromatic rings. The van der Waals surface area contributed by atoms with E-state index in [1.807, 2.05) is 0 Å². The number of carboxylic acids is 1. The van der Waals surface area contributed by atoms with Crippen molar-refractivity contribution in [2.75, 3.05) is 6.54 Å². The molecule has 0 spiro atoms. The average molecular weight is 301 g/mol. The second kappa shape index (κ2) is 7.33. The van der Waals surface area contributed by atoms with Gasteiger partial charge < -0.3 is 20.0 Å². The van der Waals surface area contributed by atoms with E-state index in [4.69, 9.17) is 14.9 Å². The zero-order valence-corrected chi connectivity index (χ0v) is 11.4. The molecule has 20 heavy (non-hydrogen) atoms. The van der Waals surface area contributed by atoms with Crippen LogP contribution in [0.25, 0.3) is 0 Å². The first kappa shape index (κ1) is 16.6. The smallest absolute Gasteiger partial charge is 0.348 e. The topological polar surface area (TPSA) is 127 Å². The zero-order chi connectivity index (χ0) is 15.2. The zero-order valence-electron chi connectivity index (χ0n) is 10.5. The normalized spacial score (nSPS) is 15.2. The highest BCUT2D eigenvalue weighted by atomic mass is 31.2. The summed E-state index contributed by atoms with van der Waals surface area (Å²) in [5.74, 6) is -0.584. The van der Waals surface area contributed by atoms with Crippen molar-refractivity contribution >= 4 is 13.6 Å². The number of aliphatic hydroxyl groups excluding tert-OH is 1. The van der Waals surface area contributed by atoms with Crippen LogP contribution < -0.4 is 5.32 Å². The standard InChI is InChI=1S/C12H16NO6P/c14-11(9-5-2-1-3-6-9)10(12(15)16)13-7-4-8-20(17,18)19/h1-6,8,10-11,13-14H,7H2,(H,15,16)(H2,17,18,19)/t10-,11?/m0/s1. The van der Waals surface area contributed by atoms with Gasteiger partial charge in [-0.3, -0.25) is 14.7 Å². The van der Waals surface area contributed by atoms with E-state index in [2.05, 4.69) is 5.32 Å². The van der Waals surface area contributed by atoms with Crippen LogP contribution in [0.3, 0.4) is 0 Å². The van der Waals surface area contributed by atoms with Crippen LogP contribution in [0.2, 0.25) is 0 Å². The molecular weight excluding hydrogens is 285 g/mol. The van der Waals surface area contributed by atoms with E-state index in [0.717, 1.165) is 6.08 Å². The average Bonchev–Trinajstić information content (AvgIpc) is 2.37. The Kier molecular flexibility index (Phi) is 6.06. The maximum Gasteiger partial charge on any atom is 0.348 e. The molecule has 0 aromatic heterocycles. The molecule has 1 rings (SSSR count). The van der Waals surface area contributed by atoms with E-state index >= 15 is 0 Å². The van der Waals surface area contributed by atoms with Crippen molar-refractivity contribution in [1.82, 2.24) is 5.32 Å². The van der Waals surface area contributed by atoms with Gasteiger partial charge in [0.05, 0.1) is 0 Å². The molecule has 0 aliphatic rings. The Morgan fingerprint density at radius 1 is 1.30 bits per heavy atom. The maximum absolute atomic E-state index is 11.1. The van der Waals surface area contributed by atoms with Crippen LogP contribution in [0.15, 0.2) is 42.2 Å². The summed E-state index contributed by atoms with van der Waals surface area (Å²) in [6, 6.07) is 6.99. The lowest BCUT2D eigenvalue weighted by molar-refractivity contribution is -0.142. The number of aliphatic hydroxyl groups is 1. The van der Waals surface area contributed by atoms with Crippen molar-refractivity contribution < 1.29 is 29.4 Å². The number of nitrogens with one attached hydrogen (secondary N) is 1. The van der Waals surface area contributed by atoms with Crippen LogP contribution in [0.4, 0.5) is 0 Å². The number of hydrogen-bond donors (Lipinski definition) is 5. The van der Waals surface area contributed by atoms with Gasteiger partial charge in [-0.05, 0) is 5.56 Å². The number of aliphatic carboxylic acids is 1. The minimum atomic E-state index is -4.26. The van der Waals surface area contributed by atoms with Gasteiger partial charge in [0.15, 0.2) is 0 Å². The molecule has 0 radical (unpaired) electrons. The second-order valence-corrected chi connectivity index (χ2v) is 5.53. The summed E-state index contributed by atoms with van der Waals surface area (Å²) >= 11 is 0. The molecule has 0 aliphatic carbocycles. The molecule has 0 heterocycles. The number of carboxylic acid groups (broad SMARTS) is 1. The number of hydrogen-bond acceptors (Lipinski definition) is 4. The van der Waals surface area contributed by atoms with Crippen molar-refractivity contribution in [3.63, 3.8) is 0 Å². The van der Waals surface area contributed by atoms with Gasteiger partial charge in [-0.1, -0.05) is 36.4 Å². The predicted octanol–water partition coefficient (Wildman–Crippen LogP) is 0.454. The summed E-state index contributed by atoms with van der Waals surface area (Å²) < 4.78 is 10.6. The lowest BCUT2D eigenvalue weighted by Gasteiger charge is -2.20. The van der Waals surface area contributed by atoms with Gasteiger partial charge in [0, 0.05) is 12.4 Å². The summed E-state index contributed by atoms with van der Waals surface area (Å²) in [5, 5.41) is 21.6. The first-order valence-electron chi connectivity index (χ1n) is 5.73. The van der Waals surface area contributed by atoms with E-state index in [9.17, 15) is 14.5 Å². The Labute approximate surface area is 115 Å². The third kappa shape index (κ3) is 5.64. The molecule has 0 fully saturated rings. The van der Waals surface area contributed by atoms with Gasteiger partial charge in [-0.15, -0.1) is 0 Å². The van der Waals surface area contributed by atoms with Gasteiger partial charge in [0.25, 0.3) is 0 Å². The molecule has 8 heteroatoms. The van der Waals surface area contributed by atoms with E-state index in [0.29, 0.717) is 11.4 Å². The van der Waals surface area contributed by atoms with Gasteiger partial charge in [0.2, 0.25) is 0 Å². The molecule has 0 aliphatic heterocycles. The van der Waals surface area contributed by atoms with Gasteiger partial charge in [-0.2, -0.15) is 0 Å². The highest BCUT2D eigenvalue weighted by Crippen LogP contribution is 2.35. The molecule has 5 N–H and O–H groups in total. The number of carbonyl (C=O) groups is 1. The predicted molar refractivity (Wildman–Crippen MR) is 72.0 cm³/mol. The van der Waals surface area contributed by atoms with Crippen LogP contribution >= 0.6 is 7.60 Å². The van der Waals surface area contributed by atoms with Crippen LogP contribution in [0.5, 0.6) is 0 Å². The molecule has 7 nitrogen and oxygen atoms in total. The van der Waals surface area contributed by atoms with Crippen molar-refractivity contribution in [3.8, 4) is 0 Å². The van der Waals surface area contributed by atoms with E-state index in [-0.39, 0.29) is 6.54 Å². The third-order valence-electron chi connectivity index (χ3n) is 2.48. The fourth-order valence-corrected chi connectivity index (χ4v) is 1.94. The van der Waals surface area contributed by atoms with Crippen LogP contribution in [-0.4, -0.2) is 38.6 Å². The van der Waals surface area contributed by atoms with Gasteiger partial charge >= 0.3 is 13.6 Å². The lowest BCUT2D eigenvalue weighted by atomic mass is 10.0. The second-order valence-electron chi connectivity index (χ2n) is 4.05. The highest BCUT2D eigenvalue weighted by molar-refractivity contribution is 7.55.